The molecule has 1 saturated carbocycles. The van der Waals surface area contributed by atoms with E-state index in [1.807, 2.05) is 30.3 Å². The van der Waals surface area contributed by atoms with Crippen LogP contribution in [0.25, 0.3) is 0 Å². The van der Waals surface area contributed by atoms with Gasteiger partial charge in [0.15, 0.2) is 5.16 Å². The van der Waals surface area contributed by atoms with Crippen LogP contribution in [0.3, 0.4) is 0 Å². The normalized spacial score (nSPS) is 17.3. The van der Waals surface area contributed by atoms with Crippen molar-refractivity contribution in [2.75, 3.05) is 35.2 Å². The van der Waals surface area contributed by atoms with Crippen molar-refractivity contribution >= 4 is 29.3 Å². The molecule has 0 bridgehead atoms. The highest BCUT2D eigenvalue weighted by molar-refractivity contribution is 7.99. The summed E-state index contributed by atoms with van der Waals surface area (Å²) in [7, 11) is 0. The number of carbonyl (C=O) groups excluding carboxylic acids is 1. The van der Waals surface area contributed by atoms with Crippen molar-refractivity contribution < 1.29 is 4.79 Å². The second-order valence-corrected chi connectivity index (χ2v) is 8.91. The zero-order chi connectivity index (χ0) is 20.2. The number of nitrogens with zero attached hydrogens (tertiary/aromatic N) is 5. The Bertz CT molecular complexity index is 840. The average molecular weight is 412 g/mol. The van der Waals surface area contributed by atoms with E-state index in [0.29, 0.717) is 18.3 Å². The summed E-state index contributed by atoms with van der Waals surface area (Å²) in [5.41, 5.74) is 0.893. The van der Waals surface area contributed by atoms with E-state index in [2.05, 4.69) is 33.2 Å². The second kappa shape index (κ2) is 9.03. The third-order valence-electron chi connectivity index (χ3n) is 5.63. The first-order valence-electron chi connectivity index (χ1n) is 10.5. The molecule has 1 aliphatic heterocycles. The Hall–Kier alpha value is -2.28. The van der Waals surface area contributed by atoms with Crippen LogP contribution in [-0.2, 0) is 4.79 Å². The third-order valence-corrected chi connectivity index (χ3v) is 6.56. The number of amides is 1. The van der Waals surface area contributed by atoms with Crippen molar-refractivity contribution in [3.63, 3.8) is 0 Å². The van der Waals surface area contributed by atoms with E-state index in [4.69, 9.17) is 0 Å². The zero-order valence-electron chi connectivity index (χ0n) is 17.0. The number of aromatic nitrogens is 3. The van der Waals surface area contributed by atoms with Gasteiger partial charge in [-0.1, -0.05) is 43.0 Å². The molecule has 1 aliphatic carbocycles. The minimum absolute atomic E-state index is 0.0554. The quantitative estimate of drug-likeness (QED) is 0.482. The molecule has 1 amide bonds. The molecule has 2 fully saturated rings. The SMILES string of the molecule is C=CCN(C(=O)CSc1nnc(N2CCC(C)CC2)n1C1CC1)c1ccccc1. The van der Waals surface area contributed by atoms with Gasteiger partial charge in [0.25, 0.3) is 0 Å². The lowest BCUT2D eigenvalue weighted by Gasteiger charge is -2.31. The summed E-state index contributed by atoms with van der Waals surface area (Å²) < 4.78 is 2.27. The minimum Gasteiger partial charge on any atom is -0.341 e. The largest absolute Gasteiger partial charge is 0.341 e. The predicted octanol–water partition coefficient (Wildman–Crippen LogP) is 4.16. The molecule has 0 unspecified atom stereocenters. The molecule has 29 heavy (non-hydrogen) atoms. The summed E-state index contributed by atoms with van der Waals surface area (Å²) in [6.07, 6.45) is 6.50. The van der Waals surface area contributed by atoms with Crippen molar-refractivity contribution in [1.29, 1.82) is 0 Å². The summed E-state index contributed by atoms with van der Waals surface area (Å²) in [6, 6.07) is 10.2. The summed E-state index contributed by atoms with van der Waals surface area (Å²) in [6.45, 7) is 8.69. The van der Waals surface area contributed by atoms with Crippen LogP contribution in [0.15, 0.2) is 48.1 Å². The van der Waals surface area contributed by atoms with E-state index in [9.17, 15) is 4.79 Å². The molecule has 2 heterocycles. The maximum Gasteiger partial charge on any atom is 0.237 e. The topological polar surface area (TPSA) is 54.3 Å². The average Bonchev–Trinajstić information content (AvgIpc) is 3.50. The molecule has 154 valence electrons. The first-order valence-corrected chi connectivity index (χ1v) is 11.4. The molecule has 1 aromatic heterocycles. The van der Waals surface area contributed by atoms with Gasteiger partial charge in [0.05, 0.1) is 5.75 Å². The lowest BCUT2D eigenvalue weighted by Crippen LogP contribution is -2.35. The smallest absolute Gasteiger partial charge is 0.237 e. The number of hydrogen-bond acceptors (Lipinski definition) is 5. The Kier molecular flexibility index (Phi) is 6.23. The Morgan fingerprint density at radius 2 is 1.93 bits per heavy atom. The number of anilines is 2. The van der Waals surface area contributed by atoms with Gasteiger partial charge in [-0.3, -0.25) is 9.36 Å². The van der Waals surface area contributed by atoms with E-state index in [1.165, 1.54) is 37.4 Å². The minimum atomic E-state index is 0.0554. The van der Waals surface area contributed by atoms with E-state index in [-0.39, 0.29) is 5.91 Å². The molecule has 2 aromatic rings. The number of carbonyl (C=O) groups is 1. The molecule has 6 nitrogen and oxygen atoms in total. The Morgan fingerprint density at radius 1 is 1.21 bits per heavy atom. The van der Waals surface area contributed by atoms with Crippen LogP contribution in [0, 0.1) is 5.92 Å². The highest BCUT2D eigenvalue weighted by Crippen LogP contribution is 2.41. The van der Waals surface area contributed by atoms with Crippen molar-refractivity contribution in [2.24, 2.45) is 5.92 Å². The molecule has 2 aliphatic rings. The maximum absolute atomic E-state index is 12.9. The van der Waals surface area contributed by atoms with Crippen molar-refractivity contribution in [3.8, 4) is 0 Å². The molecule has 0 radical (unpaired) electrons. The predicted molar refractivity (Wildman–Crippen MR) is 119 cm³/mol. The van der Waals surface area contributed by atoms with Crippen LogP contribution in [0.2, 0.25) is 0 Å². The van der Waals surface area contributed by atoms with Gasteiger partial charge < -0.3 is 9.80 Å². The monoisotopic (exact) mass is 411 g/mol. The molecule has 1 saturated heterocycles. The van der Waals surface area contributed by atoms with Crippen LogP contribution in [0.1, 0.15) is 38.6 Å². The molecule has 7 heteroatoms. The molecular formula is C22H29N5OS. The fourth-order valence-electron chi connectivity index (χ4n) is 3.74. The molecule has 4 rings (SSSR count). The second-order valence-electron chi connectivity index (χ2n) is 7.97. The number of para-hydroxylation sites is 1. The maximum atomic E-state index is 12.9. The zero-order valence-corrected chi connectivity index (χ0v) is 17.9. The lowest BCUT2D eigenvalue weighted by atomic mass is 10.00. The fourth-order valence-corrected chi connectivity index (χ4v) is 4.61. The van der Waals surface area contributed by atoms with Crippen LogP contribution < -0.4 is 9.80 Å². The summed E-state index contributed by atoms with van der Waals surface area (Å²) in [5.74, 6) is 2.16. The van der Waals surface area contributed by atoms with Gasteiger partial charge in [0, 0.05) is 31.4 Å². The van der Waals surface area contributed by atoms with Crippen LogP contribution in [0.5, 0.6) is 0 Å². The van der Waals surface area contributed by atoms with Gasteiger partial charge >= 0.3 is 0 Å². The fraction of sp³-hybridized carbons (Fsp3) is 0.500. The Balaban J connectivity index is 1.46. The molecule has 0 spiro atoms. The first-order chi connectivity index (χ1) is 14.2. The van der Waals surface area contributed by atoms with E-state index in [0.717, 1.165) is 35.8 Å². The standard InChI is InChI=1S/C22H29N5OS/c1-3-13-26(18-7-5-4-6-8-18)20(28)16-29-22-24-23-21(27(22)19-9-10-19)25-14-11-17(2)12-15-25/h3-8,17,19H,1,9-16H2,2H3. The van der Waals surface area contributed by atoms with Crippen LogP contribution >= 0.6 is 11.8 Å². The summed E-state index contributed by atoms with van der Waals surface area (Å²) >= 11 is 1.49. The summed E-state index contributed by atoms with van der Waals surface area (Å²) in [4.78, 5) is 17.1. The van der Waals surface area contributed by atoms with E-state index < -0.39 is 0 Å². The van der Waals surface area contributed by atoms with E-state index in [1.54, 1.807) is 11.0 Å². The number of hydrogen-bond donors (Lipinski definition) is 0. The Morgan fingerprint density at radius 3 is 2.59 bits per heavy atom. The lowest BCUT2D eigenvalue weighted by molar-refractivity contribution is -0.116. The Labute approximate surface area is 177 Å². The molecule has 0 atom stereocenters. The van der Waals surface area contributed by atoms with Gasteiger partial charge in [-0.15, -0.1) is 16.8 Å². The molecule has 0 N–H and O–H groups in total. The summed E-state index contributed by atoms with van der Waals surface area (Å²) in [5, 5.41) is 9.85. The number of rotatable bonds is 8. The van der Waals surface area contributed by atoms with Gasteiger partial charge in [-0.2, -0.15) is 0 Å². The number of piperidine rings is 1. The first kappa shape index (κ1) is 20.0. The van der Waals surface area contributed by atoms with Gasteiger partial charge in [0.2, 0.25) is 11.9 Å². The van der Waals surface area contributed by atoms with E-state index >= 15 is 0 Å². The van der Waals surface area contributed by atoms with Crippen molar-refractivity contribution in [3.05, 3.63) is 43.0 Å². The van der Waals surface area contributed by atoms with Gasteiger partial charge in [-0.05, 0) is 43.7 Å². The van der Waals surface area contributed by atoms with Gasteiger partial charge in [0.1, 0.15) is 0 Å². The van der Waals surface area contributed by atoms with Crippen LogP contribution in [0.4, 0.5) is 11.6 Å². The molecule has 1 aromatic carbocycles. The highest BCUT2D eigenvalue weighted by atomic mass is 32.2. The van der Waals surface area contributed by atoms with Crippen molar-refractivity contribution in [1.82, 2.24) is 14.8 Å². The number of benzene rings is 1. The highest BCUT2D eigenvalue weighted by Gasteiger charge is 2.33. The molecular weight excluding hydrogens is 382 g/mol. The number of thioether (sulfide) groups is 1. The van der Waals surface area contributed by atoms with Crippen molar-refractivity contribution in [2.45, 2.75) is 43.8 Å². The third kappa shape index (κ3) is 4.66. The van der Waals surface area contributed by atoms with Crippen LogP contribution in [-0.4, -0.2) is 46.1 Å². The van der Waals surface area contributed by atoms with Gasteiger partial charge in [-0.25, -0.2) is 0 Å².